The van der Waals surface area contributed by atoms with Gasteiger partial charge in [0.25, 0.3) is 0 Å². The van der Waals surface area contributed by atoms with Crippen LogP contribution in [0.3, 0.4) is 0 Å². The quantitative estimate of drug-likeness (QED) is 0.792. The van der Waals surface area contributed by atoms with Gasteiger partial charge >= 0.3 is 0 Å². The number of ether oxygens (including phenoxy) is 1. The molecule has 2 aliphatic rings. The number of piperidine rings is 1. The molecule has 3 N–H and O–H groups in total. The Morgan fingerprint density at radius 1 is 1.29 bits per heavy atom. The Morgan fingerprint density at radius 2 is 2.00 bits per heavy atom. The second kappa shape index (κ2) is 6.48. The average Bonchev–Trinajstić information content (AvgIpc) is 2.97. The Labute approximate surface area is 144 Å². The van der Waals surface area contributed by atoms with Gasteiger partial charge in [-0.25, -0.2) is 0 Å². The van der Waals surface area contributed by atoms with Crippen molar-refractivity contribution in [2.45, 2.75) is 76.6 Å². The second-order valence-corrected chi connectivity index (χ2v) is 8.58. The molecule has 24 heavy (non-hydrogen) atoms. The van der Waals surface area contributed by atoms with Crippen LogP contribution in [-0.4, -0.2) is 39.8 Å². The maximum absolute atomic E-state index is 13.0. The molecular weight excluding hydrogens is 304 g/mol. The summed E-state index contributed by atoms with van der Waals surface area (Å²) in [6.45, 7) is 9.50. The van der Waals surface area contributed by atoms with Crippen molar-refractivity contribution in [3.63, 3.8) is 0 Å². The minimum absolute atomic E-state index is 0.0206. The Kier molecular flexibility index (Phi) is 4.71. The van der Waals surface area contributed by atoms with Crippen molar-refractivity contribution in [3.8, 4) is 0 Å². The summed E-state index contributed by atoms with van der Waals surface area (Å²) in [6.07, 6.45) is 7.05. The van der Waals surface area contributed by atoms with Crippen molar-refractivity contribution in [1.82, 2.24) is 20.8 Å². The van der Waals surface area contributed by atoms with Crippen molar-refractivity contribution in [3.05, 3.63) is 18.0 Å². The average molecular weight is 334 g/mol. The normalized spacial score (nSPS) is 30.0. The van der Waals surface area contributed by atoms with E-state index in [0.717, 1.165) is 31.2 Å². The maximum atomic E-state index is 13.0. The molecule has 1 amide bonds. The van der Waals surface area contributed by atoms with Gasteiger partial charge in [-0.05, 0) is 53.4 Å². The summed E-state index contributed by atoms with van der Waals surface area (Å²) in [6, 6.07) is 0.190. The Bertz CT molecular complexity index is 552. The van der Waals surface area contributed by atoms with Crippen molar-refractivity contribution in [2.24, 2.45) is 5.92 Å². The molecule has 1 aromatic heterocycles. The number of aromatic amines is 1. The van der Waals surface area contributed by atoms with E-state index in [2.05, 4.69) is 48.5 Å². The first-order chi connectivity index (χ1) is 11.3. The van der Waals surface area contributed by atoms with Crippen LogP contribution in [0.15, 0.2) is 12.4 Å². The van der Waals surface area contributed by atoms with Gasteiger partial charge in [-0.15, -0.1) is 0 Å². The molecule has 134 valence electrons. The summed E-state index contributed by atoms with van der Waals surface area (Å²) in [4.78, 5) is 13.0. The molecule has 6 heteroatoms. The fraction of sp³-hybridized carbons (Fsp3) is 0.778. The third-order valence-corrected chi connectivity index (χ3v) is 5.04. The van der Waals surface area contributed by atoms with Crippen LogP contribution < -0.4 is 10.6 Å². The van der Waals surface area contributed by atoms with Gasteiger partial charge < -0.3 is 15.4 Å². The predicted molar refractivity (Wildman–Crippen MR) is 92.5 cm³/mol. The molecule has 0 saturated carbocycles. The monoisotopic (exact) mass is 334 g/mol. The van der Waals surface area contributed by atoms with Gasteiger partial charge in [0.05, 0.1) is 18.2 Å². The summed E-state index contributed by atoms with van der Waals surface area (Å²) < 4.78 is 5.89. The van der Waals surface area contributed by atoms with Crippen LogP contribution in [0, 0.1) is 5.92 Å². The minimum atomic E-state index is -0.194. The molecule has 0 aliphatic carbocycles. The Balaban J connectivity index is 1.69. The van der Waals surface area contributed by atoms with Gasteiger partial charge in [0.1, 0.15) is 0 Å². The predicted octanol–water partition coefficient (Wildman–Crippen LogP) is 2.30. The summed E-state index contributed by atoms with van der Waals surface area (Å²) in [5, 5.41) is 13.8. The number of nitrogens with one attached hydrogen (secondary N) is 3. The Hall–Kier alpha value is -1.40. The van der Waals surface area contributed by atoms with Crippen LogP contribution in [0.5, 0.6) is 0 Å². The van der Waals surface area contributed by atoms with E-state index >= 15 is 0 Å². The van der Waals surface area contributed by atoms with Crippen LogP contribution in [0.25, 0.3) is 0 Å². The first kappa shape index (κ1) is 17.4. The summed E-state index contributed by atoms with van der Waals surface area (Å²) in [7, 11) is 0. The number of carbonyl (C=O) groups excluding carboxylic acids is 1. The molecule has 0 bridgehead atoms. The lowest BCUT2D eigenvalue weighted by atomic mass is 9.79. The lowest BCUT2D eigenvalue weighted by Gasteiger charge is -2.47. The van der Waals surface area contributed by atoms with Crippen LogP contribution >= 0.6 is 0 Å². The van der Waals surface area contributed by atoms with Crippen LogP contribution in [-0.2, 0) is 9.53 Å². The topological polar surface area (TPSA) is 79.0 Å². The number of nitrogens with zero attached hydrogens (tertiary/aromatic N) is 1. The lowest BCUT2D eigenvalue weighted by molar-refractivity contribution is -0.136. The zero-order chi connectivity index (χ0) is 17.4. The highest BCUT2D eigenvalue weighted by atomic mass is 16.5. The Morgan fingerprint density at radius 3 is 2.62 bits per heavy atom. The van der Waals surface area contributed by atoms with E-state index in [1.807, 2.05) is 6.20 Å². The van der Waals surface area contributed by atoms with E-state index in [4.69, 9.17) is 4.74 Å². The third kappa shape index (κ3) is 3.98. The highest BCUT2D eigenvalue weighted by Crippen LogP contribution is 2.34. The minimum Gasteiger partial charge on any atom is -0.373 e. The van der Waals surface area contributed by atoms with Gasteiger partial charge in [0.2, 0.25) is 5.91 Å². The number of H-pyrrole nitrogens is 1. The van der Waals surface area contributed by atoms with Crippen LogP contribution in [0.2, 0.25) is 0 Å². The highest BCUT2D eigenvalue weighted by Gasteiger charge is 2.40. The third-order valence-electron chi connectivity index (χ3n) is 5.04. The molecule has 0 aromatic carbocycles. The molecule has 6 nitrogen and oxygen atoms in total. The standard InChI is InChI=1S/C18H30N4O2/c1-17(2)8-13(9-18(3,4)22-17)21-16(23)14-6-5-7-24-15(14)12-10-19-20-11-12/h10-11,13-15,22H,5-9H2,1-4H3,(H,19,20)(H,21,23)/t14-,15+/m1/s1. The molecular formula is C18H30N4O2. The molecule has 2 saturated heterocycles. The number of carbonyl (C=O) groups is 1. The van der Waals surface area contributed by atoms with E-state index in [0.29, 0.717) is 6.61 Å². The summed E-state index contributed by atoms with van der Waals surface area (Å²) in [5.41, 5.74) is 1.00. The van der Waals surface area contributed by atoms with E-state index in [9.17, 15) is 4.79 Å². The SMILES string of the molecule is CC1(C)CC(NC(=O)[C@@H]2CCCO[C@H]2c2cn[nH]c2)CC(C)(C)N1. The summed E-state index contributed by atoms with van der Waals surface area (Å²) >= 11 is 0. The summed E-state index contributed by atoms with van der Waals surface area (Å²) in [5.74, 6) is -0.0307. The molecule has 1 aromatic rings. The first-order valence-electron chi connectivity index (χ1n) is 8.96. The van der Waals surface area contributed by atoms with Crippen LogP contribution in [0.4, 0.5) is 0 Å². The second-order valence-electron chi connectivity index (χ2n) is 8.58. The number of hydrogen-bond acceptors (Lipinski definition) is 4. The molecule has 2 aliphatic heterocycles. The van der Waals surface area contributed by atoms with Gasteiger partial charge in [-0.1, -0.05) is 0 Å². The fourth-order valence-electron chi connectivity index (χ4n) is 4.53. The van der Waals surface area contributed by atoms with Crippen molar-refractivity contribution >= 4 is 5.91 Å². The number of hydrogen-bond donors (Lipinski definition) is 3. The number of rotatable bonds is 3. The van der Waals surface area contributed by atoms with E-state index in [-0.39, 0.29) is 35.0 Å². The molecule has 2 fully saturated rings. The van der Waals surface area contributed by atoms with Gasteiger partial charge in [-0.2, -0.15) is 5.10 Å². The lowest BCUT2D eigenvalue weighted by Crippen LogP contribution is -2.62. The smallest absolute Gasteiger partial charge is 0.226 e. The van der Waals surface area contributed by atoms with Crippen molar-refractivity contribution < 1.29 is 9.53 Å². The van der Waals surface area contributed by atoms with E-state index < -0.39 is 0 Å². The maximum Gasteiger partial charge on any atom is 0.226 e. The highest BCUT2D eigenvalue weighted by molar-refractivity contribution is 5.80. The molecule has 2 atom stereocenters. The van der Waals surface area contributed by atoms with E-state index in [1.165, 1.54) is 0 Å². The fourth-order valence-corrected chi connectivity index (χ4v) is 4.53. The largest absolute Gasteiger partial charge is 0.373 e. The number of aromatic nitrogens is 2. The molecule has 0 radical (unpaired) electrons. The zero-order valence-electron chi connectivity index (χ0n) is 15.2. The van der Waals surface area contributed by atoms with E-state index in [1.54, 1.807) is 6.20 Å². The number of amides is 1. The van der Waals surface area contributed by atoms with Crippen molar-refractivity contribution in [2.75, 3.05) is 6.61 Å². The molecule has 0 spiro atoms. The van der Waals surface area contributed by atoms with Crippen molar-refractivity contribution in [1.29, 1.82) is 0 Å². The zero-order valence-corrected chi connectivity index (χ0v) is 15.2. The van der Waals surface area contributed by atoms with Crippen LogP contribution in [0.1, 0.15) is 65.0 Å². The van der Waals surface area contributed by atoms with Gasteiger partial charge in [0, 0.05) is 35.5 Å². The van der Waals surface area contributed by atoms with Gasteiger partial charge in [0.15, 0.2) is 0 Å². The first-order valence-corrected chi connectivity index (χ1v) is 8.96. The van der Waals surface area contributed by atoms with Gasteiger partial charge in [-0.3, -0.25) is 9.89 Å². The molecule has 0 unspecified atom stereocenters. The molecule has 3 heterocycles. The molecule has 3 rings (SSSR count).